The first kappa shape index (κ1) is 10.2. The van der Waals surface area contributed by atoms with Crippen molar-refractivity contribution < 1.29 is 9.47 Å². The van der Waals surface area contributed by atoms with Crippen molar-refractivity contribution >= 4 is 0 Å². The third-order valence-electron chi connectivity index (χ3n) is 2.57. The second kappa shape index (κ2) is 4.98. The minimum Gasteiger partial charge on any atom is -0.493 e. The largest absolute Gasteiger partial charge is 0.493 e. The molecule has 2 heterocycles. The number of pyridine rings is 1. The van der Waals surface area contributed by atoms with Crippen LogP contribution in [0.2, 0.25) is 0 Å². The Morgan fingerprint density at radius 1 is 1.53 bits per heavy atom. The number of ether oxygens (including phenoxy) is 2. The van der Waals surface area contributed by atoms with Crippen LogP contribution in [0.3, 0.4) is 0 Å². The zero-order valence-electron chi connectivity index (χ0n) is 8.90. The van der Waals surface area contributed by atoms with Crippen molar-refractivity contribution in [3.63, 3.8) is 0 Å². The summed E-state index contributed by atoms with van der Waals surface area (Å²) >= 11 is 0. The summed E-state index contributed by atoms with van der Waals surface area (Å²) in [5.41, 5.74) is 0. The molecule has 1 aliphatic rings. The van der Waals surface area contributed by atoms with Gasteiger partial charge in [-0.15, -0.1) is 0 Å². The van der Waals surface area contributed by atoms with E-state index in [-0.39, 0.29) is 0 Å². The Balaban J connectivity index is 1.91. The summed E-state index contributed by atoms with van der Waals surface area (Å²) in [5.74, 6) is 1.46. The fraction of sp³-hybridized carbons (Fsp3) is 0.545. The molecule has 0 spiro atoms. The molecule has 0 unspecified atom stereocenters. The van der Waals surface area contributed by atoms with Crippen molar-refractivity contribution in [2.24, 2.45) is 0 Å². The number of hydrogen-bond donors (Lipinski definition) is 1. The molecule has 1 saturated heterocycles. The van der Waals surface area contributed by atoms with E-state index in [0.29, 0.717) is 18.4 Å². The Kier molecular flexibility index (Phi) is 3.40. The van der Waals surface area contributed by atoms with E-state index in [4.69, 9.17) is 9.47 Å². The quantitative estimate of drug-likeness (QED) is 0.808. The Bertz CT molecular complexity index is 311. The van der Waals surface area contributed by atoms with E-state index in [1.54, 1.807) is 25.6 Å². The van der Waals surface area contributed by atoms with Crippen LogP contribution in [0.5, 0.6) is 11.5 Å². The molecular formula is C11H16N2O2. The molecule has 0 aromatic carbocycles. The van der Waals surface area contributed by atoms with E-state index >= 15 is 0 Å². The van der Waals surface area contributed by atoms with E-state index < -0.39 is 0 Å². The van der Waals surface area contributed by atoms with Gasteiger partial charge in [-0.3, -0.25) is 4.98 Å². The highest BCUT2D eigenvalue weighted by molar-refractivity contribution is 5.36. The Labute approximate surface area is 89.6 Å². The zero-order chi connectivity index (χ0) is 10.5. The molecule has 0 bridgehead atoms. The Morgan fingerprint density at radius 3 is 3.20 bits per heavy atom. The van der Waals surface area contributed by atoms with Crippen LogP contribution in [0, 0.1) is 0 Å². The first-order valence-electron chi connectivity index (χ1n) is 5.24. The molecule has 1 atom stereocenters. The molecule has 1 aliphatic heterocycles. The van der Waals surface area contributed by atoms with E-state index in [1.807, 2.05) is 0 Å². The zero-order valence-corrected chi connectivity index (χ0v) is 8.90. The first-order chi connectivity index (χ1) is 7.40. The molecule has 1 fully saturated rings. The number of nitrogens with zero attached hydrogens (tertiary/aromatic N) is 1. The number of rotatable bonds is 4. The van der Waals surface area contributed by atoms with Gasteiger partial charge in [-0.05, 0) is 19.4 Å². The van der Waals surface area contributed by atoms with E-state index in [1.165, 1.54) is 12.8 Å². The van der Waals surface area contributed by atoms with Crippen LogP contribution < -0.4 is 14.8 Å². The molecule has 4 heteroatoms. The van der Waals surface area contributed by atoms with Gasteiger partial charge in [-0.1, -0.05) is 0 Å². The summed E-state index contributed by atoms with van der Waals surface area (Å²) in [6, 6.07) is 2.27. The van der Waals surface area contributed by atoms with Gasteiger partial charge >= 0.3 is 0 Å². The molecule has 1 aromatic rings. The highest BCUT2D eigenvalue weighted by Gasteiger charge is 2.15. The average molecular weight is 208 g/mol. The smallest absolute Gasteiger partial charge is 0.179 e. The monoisotopic (exact) mass is 208 g/mol. The van der Waals surface area contributed by atoms with E-state index in [9.17, 15) is 0 Å². The number of hydrogen-bond acceptors (Lipinski definition) is 4. The topological polar surface area (TPSA) is 43.4 Å². The van der Waals surface area contributed by atoms with Gasteiger partial charge in [0.15, 0.2) is 11.5 Å². The van der Waals surface area contributed by atoms with Gasteiger partial charge in [0.05, 0.1) is 13.3 Å². The van der Waals surface area contributed by atoms with Gasteiger partial charge in [0, 0.05) is 18.3 Å². The predicted molar refractivity (Wildman–Crippen MR) is 57.3 cm³/mol. The number of aromatic nitrogens is 1. The minimum absolute atomic E-state index is 0.468. The molecule has 0 aliphatic carbocycles. The SMILES string of the molecule is COc1ccncc1OC[C@@H]1CCCN1. The lowest BCUT2D eigenvalue weighted by atomic mass is 10.2. The summed E-state index contributed by atoms with van der Waals surface area (Å²) in [4.78, 5) is 4.01. The molecule has 4 nitrogen and oxygen atoms in total. The Hall–Kier alpha value is -1.29. The maximum absolute atomic E-state index is 5.66. The predicted octanol–water partition coefficient (Wildman–Crippen LogP) is 1.22. The molecular weight excluding hydrogens is 192 g/mol. The molecule has 1 N–H and O–H groups in total. The van der Waals surface area contributed by atoms with Crippen molar-refractivity contribution in [1.29, 1.82) is 0 Å². The molecule has 0 amide bonds. The van der Waals surface area contributed by atoms with Crippen molar-refractivity contribution in [3.05, 3.63) is 18.5 Å². The minimum atomic E-state index is 0.468. The second-order valence-electron chi connectivity index (χ2n) is 3.63. The van der Waals surface area contributed by atoms with Gasteiger partial charge in [0.1, 0.15) is 6.61 Å². The fourth-order valence-corrected chi connectivity index (χ4v) is 1.73. The highest BCUT2D eigenvalue weighted by Crippen LogP contribution is 2.24. The van der Waals surface area contributed by atoms with E-state index in [0.717, 1.165) is 12.3 Å². The number of methoxy groups -OCH3 is 1. The van der Waals surface area contributed by atoms with Gasteiger partial charge < -0.3 is 14.8 Å². The summed E-state index contributed by atoms with van der Waals surface area (Å²) < 4.78 is 10.8. The summed E-state index contributed by atoms with van der Waals surface area (Å²) in [6.45, 7) is 1.78. The lowest BCUT2D eigenvalue weighted by molar-refractivity contribution is 0.261. The highest BCUT2D eigenvalue weighted by atomic mass is 16.5. The summed E-state index contributed by atoms with van der Waals surface area (Å²) in [5, 5.41) is 3.38. The van der Waals surface area contributed by atoms with Gasteiger partial charge in [0.25, 0.3) is 0 Å². The summed E-state index contributed by atoms with van der Waals surface area (Å²) in [7, 11) is 1.63. The van der Waals surface area contributed by atoms with Gasteiger partial charge in [-0.25, -0.2) is 0 Å². The maximum Gasteiger partial charge on any atom is 0.179 e. The third kappa shape index (κ3) is 2.59. The van der Waals surface area contributed by atoms with Crippen LogP contribution in [0.4, 0.5) is 0 Å². The van der Waals surface area contributed by atoms with Crippen molar-refractivity contribution in [2.45, 2.75) is 18.9 Å². The molecule has 1 aromatic heterocycles. The van der Waals surface area contributed by atoms with Crippen LogP contribution in [0.25, 0.3) is 0 Å². The normalized spacial score (nSPS) is 20.2. The lowest BCUT2D eigenvalue weighted by Crippen LogP contribution is -2.28. The molecule has 2 rings (SSSR count). The molecule has 15 heavy (non-hydrogen) atoms. The van der Waals surface area contributed by atoms with Crippen LogP contribution in [0.15, 0.2) is 18.5 Å². The fourth-order valence-electron chi connectivity index (χ4n) is 1.73. The van der Waals surface area contributed by atoms with Crippen LogP contribution in [0.1, 0.15) is 12.8 Å². The van der Waals surface area contributed by atoms with Crippen molar-refractivity contribution in [2.75, 3.05) is 20.3 Å². The lowest BCUT2D eigenvalue weighted by Gasteiger charge is -2.13. The second-order valence-corrected chi connectivity index (χ2v) is 3.63. The Morgan fingerprint density at radius 2 is 2.47 bits per heavy atom. The van der Waals surface area contributed by atoms with E-state index in [2.05, 4.69) is 10.3 Å². The van der Waals surface area contributed by atoms with Crippen LogP contribution >= 0.6 is 0 Å². The van der Waals surface area contributed by atoms with Crippen molar-refractivity contribution in [3.8, 4) is 11.5 Å². The van der Waals surface area contributed by atoms with Crippen LogP contribution in [-0.2, 0) is 0 Å². The molecule has 82 valence electrons. The average Bonchev–Trinajstić information content (AvgIpc) is 2.79. The molecule has 0 saturated carbocycles. The van der Waals surface area contributed by atoms with Crippen LogP contribution in [-0.4, -0.2) is 31.3 Å². The van der Waals surface area contributed by atoms with Crippen molar-refractivity contribution in [1.82, 2.24) is 10.3 Å². The van der Waals surface area contributed by atoms with Gasteiger partial charge in [0.2, 0.25) is 0 Å². The summed E-state index contributed by atoms with van der Waals surface area (Å²) in [6.07, 6.45) is 5.80. The standard InChI is InChI=1S/C11H16N2O2/c1-14-10-4-6-12-7-11(10)15-8-9-3-2-5-13-9/h4,6-7,9,13H,2-3,5,8H2,1H3/t9-/m0/s1. The first-order valence-corrected chi connectivity index (χ1v) is 5.24. The number of nitrogens with one attached hydrogen (secondary N) is 1. The maximum atomic E-state index is 5.66. The third-order valence-corrected chi connectivity index (χ3v) is 2.57. The van der Waals surface area contributed by atoms with Gasteiger partial charge in [-0.2, -0.15) is 0 Å². The molecule has 0 radical (unpaired) electrons.